The van der Waals surface area contributed by atoms with E-state index in [0.717, 1.165) is 4.31 Å². The van der Waals surface area contributed by atoms with E-state index in [-0.39, 0.29) is 23.7 Å². The third kappa shape index (κ3) is 2.52. The quantitative estimate of drug-likeness (QED) is 0.615. The SMILES string of the molecule is COc1cc(N)ccc1S(=O)(=O)N1CC(O)C(O)C1. The van der Waals surface area contributed by atoms with E-state index >= 15 is 0 Å². The van der Waals surface area contributed by atoms with Crippen molar-refractivity contribution in [2.45, 2.75) is 17.1 Å². The molecule has 2 unspecified atom stereocenters. The van der Waals surface area contributed by atoms with Gasteiger partial charge in [0.1, 0.15) is 10.6 Å². The zero-order chi connectivity index (χ0) is 14.2. The second-order valence-electron chi connectivity index (χ2n) is 4.37. The van der Waals surface area contributed by atoms with E-state index in [1.165, 1.54) is 25.3 Å². The summed E-state index contributed by atoms with van der Waals surface area (Å²) in [5.74, 6) is 0.135. The number of aliphatic hydroxyl groups is 2. The van der Waals surface area contributed by atoms with Gasteiger partial charge in [-0.1, -0.05) is 0 Å². The zero-order valence-electron chi connectivity index (χ0n) is 10.4. The lowest BCUT2D eigenvalue weighted by molar-refractivity contribution is 0.0572. The van der Waals surface area contributed by atoms with Gasteiger partial charge in [0, 0.05) is 24.8 Å². The molecule has 0 spiro atoms. The normalized spacial score (nSPS) is 24.6. The van der Waals surface area contributed by atoms with Crippen molar-refractivity contribution in [2.75, 3.05) is 25.9 Å². The maximum atomic E-state index is 12.4. The molecule has 2 atom stereocenters. The Hall–Kier alpha value is -1.35. The highest BCUT2D eigenvalue weighted by molar-refractivity contribution is 7.89. The maximum absolute atomic E-state index is 12.4. The maximum Gasteiger partial charge on any atom is 0.246 e. The number of methoxy groups -OCH3 is 1. The molecule has 0 saturated carbocycles. The van der Waals surface area contributed by atoms with Gasteiger partial charge in [-0.2, -0.15) is 4.31 Å². The van der Waals surface area contributed by atoms with E-state index in [2.05, 4.69) is 0 Å². The molecule has 1 aliphatic rings. The second kappa shape index (κ2) is 4.97. The van der Waals surface area contributed by atoms with Crippen molar-refractivity contribution < 1.29 is 23.4 Å². The number of ether oxygens (including phenoxy) is 1. The van der Waals surface area contributed by atoms with Gasteiger partial charge in [-0.3, -0.25) is 0 Å². The molecule has 19 heavy (non-hydrogen) atoms. The molecule has 0 aliphatic carbocycles. The molecule has 1 heterocycles. The standard InChI is InChI=1S/C11H16N2O5S/c1-18-10-4-7(12)2-3-11(10)19(16,17)13-5-8(14)9(15)6-13/h2-4,8-9,14-15H,5-6,12H2,1H3. The molecular formula is C11H16N2O5S. The molecule has 0 amide bonds. The number of hydrogen-bond acceptors (Lipinski definition) is 6. The Labute approximate surface area is 111 Å². The first-order valence-electron chi connectivity index (χ1n) is 5.66. The summed E-state index contributed by atoms with van der Waals surface area (Å²) in [6.45, 7) is -0.284. The van der Waals surface area contributed by atoms with Crippen LogP contribution in [-0.2, 0) is 10.0 Å². The van der Waals surface area contributed by atoms with Gasteiger partial charge >= 0.3 is 0 Å². The number of nitrogens with two attached hydrogens (primary N) is 1. The number of rotatable bonds is 3. The highest BCUT2D eigenvalue weighted by Crippen LogP contribution is 2.30. The Balaban J connectivity index is 2.40. The first-order chi connectivity index (χ1) is 8.86. The van der Waals surface area contributed by atoms with Crippen LogP contribution >= 0.6 is 0 Å². The lowest BCUT2D eigenvalue weighted by atomic mass is 10.3. The van der Waals surface area contributed by atoms with Crippen LogP contribution in [-0.4, -0.2) is 55.3 Å². The first-order valence-corrected chi connectivity index (χ1v) is 7.10. The third-order valence-corrected chi connectivity index (χ3v) is 4.90. The Morgan fingerprint density at radius 1 is 1.32 bits per heavy atom. The van der Waals surface area contributed by atoms with Crippen LogP contribution < -0.4 is 10.5 Å². The molecule has 1 fully saturated rings. The summed E-state index contributed by atoms with van der Waals surface area (Å²) < 4.78 is 30.8. The highest BCUT2D eigenvalue weighted by atomic mass is 32.2. The molecule has 106 valence electrons. The van der Waals surface area contributed by atoms with Crippen LogP contribution in [0.3, 0.4) is 0 Å². The fraction of sp³-hybridized carbons (Fsp3) is 0.455. The number of benzene rings is 1. The smallest absolute Gasteiger partial charge is 0.246 e. The summed E-state index contributed by atoms with van der Waals surface area (Å²) in [7, 11) is -2.48. The minimum atomic E-state index is -3.83. The fourth-order valence-electron chi connectivity index (χ4n) is 1.97. The molecule has 2 rings (SSSR count). The van der Waals surface area contributed by atoms with Crippen LogP contribution in [0.5, 0.6) is 5.75 Å². The van der Waals surface area contributed by atoms with Crippen LogP contribution in [0, 0.1) is 0 Å². The van der Waals surface area contributed by atoms with Gasteiger partial charge in [0.25, 0.3) is 0 Å². The molecule has 8 heteroatoms. The van der Waals surface area contributed by atoms with E-state index in [1.54, 1.807) is 0 Å². The number of aliphatic hydroxyl groups excluding tert-OH is 2. The molecule has 1 aliphatic heterocycles. The molecule has 1 aromatic rings. The van der Waals surface area contributed by atoms with Crippen molar-refractivity contribution in [3.05, 3.63) is 18.2 Å². The van der Waals surface area contributed by atoms with Crippen LogP contribution in [0.4, 0.5) is 5.69 Å². The topological polar surface area (TPSA) is 113 Å². The average Bonchev–Trinajstić information content (AvgIpc) is 2.70. The van der Waals surface area contributed by atoms with Gasteiger partial charge in [0.15, 0.2) is 0 Å². The summed E-state index contributed by atoms with van der Waals surface area (Å²) in [4.78, 5) is -0.0366. The number of nitrogen functional groups attached to an aromatic ring is 1. The van der Waals surface area contributed by atoms with Gasteiger partial charge in [-0.15, -0.1) is 0 Å². The van der Waals surface area contributed by atoms with Gasteiger partial charge in [0.2, 0.25) is 10.0 Å². The molecule has 7 nitrogen and oxygen atoms in total. The van der Waals surface area contributed by atoms with Gasteiger partial charge < -0.3 is 20.7 Å². The van der Waals surface area contributed by atoms with E-state index in [0.29, 0.717) is 5.69 Å². The van der Waals surface area contributed by atoms with Crippen molar-refractivity contribution in [1.82, 2.24) is 4.31 Å². The second-order valence-corrected chi connectivity index (χ2v) is 6.27. The van der Waals surface area contributed by atoms with Crippen molar-refractivity contribution in [2.24, 2.45) is 0 Å². The Morgan fingerprint density at radius 3 is 2.42 bits per heavy atom. The van der Waals surface area contributed by atoms with Gasteiger partial charge in [-0.25, -0.2) is 8.42 Å². The predicted octanol–water partition coefficient (Wildman–Crippen LogP) is -0.996. The van der Waals surface area contributed by atoms with E-state index in [1.807, 2.05) is 0 Å². The molecule has 4 N–H and O–H groups in total. The van der Waals surface area contributed by atoms with Gasteiger partial charge in [-0.05, 0) is 12.1 Å². The third-order valence-electron chi connectivity index (χ3n) is 3.03. The largest absolute Gasteiger partial charge is 0.495 e. The Kier molecular flexibility index (Phi) is 3.68. The fourth-order valence-corrected chi connectivity index (χ4v) is 3.58. The summed E-state index contributed by atoms with van der Waals surface area (Å²) in [5, 5.41) is 18.9. The monoisotopic (exact) mass is 288 g/mol. The number of nitrogens with zero attached hydrogens (tertiary/aromatic N) is 1. The van der Waals surface area contributed by atoms with Crippen molar-refractivity contribution in [3.8, 4) is 5.75 Å². The number of sulfonamides is 1. The first kappa shape index (κ1) is 14.1. The lowest BCUT2D eigenvalue weighted by Gasteiger charge is -2.17. The summed E-state index contributed by atoms with van der Waals surface area (Å²) in [6, 6.07) is 4.22. The minimum Gasteiger partial charge on any atom is -0.495 e. The summed E-state index contributed by atoms with van der Waals surface area (Å²) >= 11 is 0. The Bertz CT molecular complexity index is 564. The molecule has 0 bridgehead atoms. The molecular weight excluding hydrogens is 272 g/mol. The molecule has 1 aromatic carbocycles. The molecule has 0 aromatic heterocycles. The average molecular weight is 288 g/mol. The Morgan fingerprint density at radius 2 is 1.89 bits per heavy atom. The van der Waals surface area contributed by atoms with Crippen molar-refractivity contribution in [3.63, 3.8) is 0 Å². The molecule has 0 radical (unpaired) electrons. The number of β-amino-alcohol motifs (C(OH)–C–C–N with tert-alkyl or cyclic N) is 2. The lowest BCUT2D eigenvalue weighted by Crippen LogP contribution is -2.30. The van der Waals surface area contributed by atoms with Crippen LogP contribution in [0.15, 0.2) is 23.1 Å². The highest BCUT2D eigenvalue weighted by Gasteiger charge is 2.38. The van der Waals surface area contributed by atoms with Crippen LogP contribution in [0.25, 0.3) is 0 Å². The summed E-state index contributed by atoms with van der Waals surface area (Å²) in [5.41, 5.74) is 5.96. The summed E-state index contributed by atoms with van der Waals surface area (Å²) in [6.07, 6.45) is -2.15. The number of anilines is 1. The van der Waals surface area contributed by atoms with Crippen molar-refractivity contribution in [1.29, 1.82) is 0 Å². The van der Waals surface area contributed by atoms with Crippen molar-refractivity contribution >= 4 is 15.7 Å². The zero-order valence-corrected chi connectivity index (χ0v) is 11.2. The van der Waals surface area contributed by atoms with Crippen LogP contribution in [0.1, 0.15) is 0 Å². The predicted molar refractivity (Wildman–Crippen MR) is 68.2 cm³/mol. The van der Waals surface area contributed by atoms with Gasteiger partial charge in [0.05, 0.1) is 19.3 Å². The van der Waals surface area contributed by atoms with E-state index < -0.39 is 22.2 Å². The van der Waals surface area contributed by atoms with Crippen LogP contribution in [0.2, 0.25) is 0 Å². The minimum absolute atomic E-state index is 0.0366. The molecule has 1 saturated heterocycles. The van der Waals surface area contributed by atoms with E-state index in [9.17, 15) is 18.6 Å². The number of hydrogen-bond donors (Lipinski definition) is 3. The van der Waals surface area contributed by atoms with E-state index in [4.69, 9.17) is 10.5 Å².